The van der Waals surface area contributed by atoms with Crippen LogP contribution < -0.4 is 10.5 Å². The van der Waals surface area contributed by atoms with Crippen molar-refractivity contribution in [2.24, 2.45) is 0 Å². The Kier molecular flexibility index (Phi) is 4.13. The highest BCUT2D eigenvalue weighted by Gasteiger charge is 2.20. The van der Waals surface area contributed by atoms with E-state index in [2.05, 4.69) is 4.98 Å². The predicted molar refractivity (Wildman–Crippen MR) is 54.7 cm³/mol. The molecule has 0 saturated carbocycles. The van der Waals surface area contributed by atoms with Gasteiger partial charge in [0.1, 0.15) is 19.2 Å². The molecule has 0 atom stereocenters. The zero-order chi connectivity index (χ0) is 12.2. The molecule has 0 radical (unpaired) electrons. The van der Waals surface area contributed by atoms with Gasteiger partial charge < -0.3 is 5.73 Å². The molecule has 1 aromatic heterocycles. The fraction of sp³-hybridized carbons (Fsp3) is 0.375. The Morgan fingerprint density at radius 1 is 1.44 bits per heavy atom. The lowest BCUT2D eigenvalue weighted by Gasteiger charge is -2.11. The highest BCUT2D eigenvalue weighted by atomic mass is 32.2. The number of hydrogen-bond donors (Lipinski definition) is 2. The molecule has 0 aliphatic rings. The summed E-state index contributed by atoms with van der Waals surface area (Å²) in [6, 6.07) is 0.918. The molecule has 90 valence electrons. The second kappa shape index (κ2) is 5.17. The van der Waals surface area contributed by atoms with Crippen LogP contribution >= 0.6 is 0 Å². The lowest BCUT2D eigenvalue weighted by Crippen LogP contribution is -2.37. The first-order valence-corrected chi connectivity index (χ1v) is 5.83. The van der Waals surface area contributed by atoms with Crippen LogP contribution in [-0.2, 0) is 10.0 Å². The molecule has 1 rings (SSSR count). The van der Waals surface area contributed by atoms with Crippen molar-refractivity contribution < 1.29 is 17.2 Å². The minimum atomic E-state index is -3.96. The molecular formula is C8H11F2N3O2S. The lowest BCUT2D eigenvalue weighted by molar-refractivity contribution is 0.334. The molecule has 0 aliphatic heterocycles. The average molecular weight is 251 g/mol. The number of nitrogens with zero attached hydrogens (tertiary/aromatic N) is 1. The van der Waals surface area contributed by atoms with E-state index >= 15 is 0 Å². The minimum absolute atomic E-state index is 0.0138. The number of pyridine rings is 1. The summed E-state index contributed by atoms with van der Waals surface area (Å²) >= 11 is 0. The molecule has 16 heavy (non-hydrogen) atoms. The van der Waals surface area contributed by atoms with Crippen molar-refractivity contribution in [2.75, 3.05) is 19.1 Å². The number of anilines is 1. The summed E-state index contributed by atoms with van der Waals surface area (Å²) < 4.78 is 49.4. The molecule has 3 N–H and O–H groups in total. The number of aromatic nitrogens is 1. The number of nitrogen functional groups attached to an aromatic ring is 1. The van der Waals surface area contributed by atoms with Crippen LogP contribution in [0.2, 0.25) is 0 Å². The maximum absolute atomic E-state index is 12.2. The highest BCUT2D eigenvalue weighted by Crippen LogP contribution is 2.10. The van der Waals surface area contributed by atoms with Crippen molar-refractivity contribution in [2.45, 2.75) is 10.9 Å². The second-order valence-corrected chi connectivity index (χ2v) is 4.76. The summed E-state index contributed by atoms with van der Waals surface area (Å²) in [5.74, 6) is 0.0138. The number of halogens is 2. The standard InChI is InChI=1S/C8H11F2N3O2S/c9-4-6(5-10)13-16(14,15)7-1-2-12-8(11)3-7/h1-3,6,13H,4-5H2,(H2,11,12). The van der Waals surface area contributed by atoms with Crippen molar-refractivity contribution in [3.8, 4) is 0 Å². The Labute approximate surface area is 91.7 Å². The van der Waals surface area contributed by atoms with Crippen molar-refractivity contribution in [3.05, 3.63) is 18.3 Å². The molecule has 1 aromatic rings. The van der Waals surface area contributed by atoms with E-state index in [0.29, 0.717) is 0 Å². The van der Waals surface area contributed by atoms with Crippen LogP contribution in [-0.4, -0.2) is 32.8 Å². The molecule has 0 spiro atoms. The molecule has 5 nitrogen and oxygen atoms in total. The smallest absolute Gasteiger partial charge is 0.241 e. The number of hydrogen-bond acceptors (Lipinski definition) is 4. The monoisotopic (exact) mass is 251 g/mol. The van der Waals surface area contributed by atoms with Gasteiger partial charge in [-0.2, -0.15) is 0 Å². The Morgan fingerprint density at radius 2 is 2.06 bits per heavy atom. The number of sulfonamides is 1. The Bertz CT molecular complexity index is 448. The summed E-state index contributed by atoms with van der Waals surface area (Å²) in [6.07, 6.45) is 1.20. The quantitative estimate of drug-likeness (QED) is 0.785. The number of nitrogens with two attached hydrogens (primary N) is 1. The first kappa shape index (κ1) is 12.8. The highest BCUT2D eigenvalue weighted by molar-refractivity contribution is 7.89. The first-order chi connectivity index (χ1) is 7.49. The molecular weight excluding hydrogens is 240 g/mol. The van der Waals surface area contributed by atoms with Crippen molar-refractivity contribution >= 4 is 15.8 Å². The van der Waals surface area contributed by atoms with E-state index in [1.165, 1.54) is 12.3 Å². The Hall–Kier alpha value is -1.28. The second-order valence-electron chi connectivity index (χ2n) is 3.04. The zero-order valence-electron chi connectivity index (χ0n) is 8.23. The molecule has 0 aliphatic carbocycles. The van der Waals surface area contributed by atoms with Crippen LogP contribution in [0.15, 0.2) is 23.2 Å². The van der Waals surface area contributed by atoms with Gasteiger partial charge in [-0.25, -0.2) is 26.9 Å². The van der Waals surface area contributed by atoms with Gasteiger partial charge in [-0.05, 0) is 6.07 Å². The van der Waals surface area contributed by atoms with E-state index in [0.717, 1.165) is 6.07 Å². The normalized spacial score (nSPS) is 11.9. The van der Waals surface area contributed by atoms with Gasteiger partial charge in [0.2, 0.25) is 10.0 Å². The van der Waals surface area contributed by atoms with E-state index in [9.17, 15) is 17.2 Å². The summed E-state index contributed by atoms with van der Waals surface area (Å²) in [4.78, 5) is 3.44. The third kappa shape index (κ3) is 3.11. The minimum Gasteiger partial charge on any atom is -0.384 e. The fourth-order valence-corrected chi connectivity index (χ4v) is 2.20. The van der Waals surface area contributed by atoms with Crippen LogP contribution in [0.3, 0.4) is 0 Å². The maximum atomic E-state index is 12.2. The van der Waals surface area contributed by atoms with Crippen LogP contribution in [0.1, 0.15) is 0 Å². The number of alkyl halides is 2. The van der Waals surface area contributed by atoms with Gasteiger partial charge in [0.15, 0.2) is 0 Å². The maximum Gasteiger partial charge on any atom is 0.241 e. The zero-order valence-corrected chi connectivity index (χ0v) is 9.05. The van der Waals surface area contributed by atoms with Crippen molar-refractivity contribution in [3.63, 3.8) is 0 Å². The third-order valence-electron chi connectivity index (χ3n) is 1.76. The van der Waals surface area contributed by atoms with Gasteiger partial charge in [0.25, 0.3) is 0 Å². The Morgan fingerprint density at radius 3 is 2.56 bits per heavy atom. The van der Waals surface area contributed by atoms with E-state index in [4.69, 9.17) is 5.73 Å². The van der Waals surface area contributed by atoms with Crippen LogP contribution in [0.5, 0.6) is 0 Å². The van der Waals surface area contributed by atoms with E-state index < -0.39 is 29.4 Å². The van der Waals surface area contributed by atoms with E-state index in [-0.39, 0.29) is 10.7 Å². The van der Waals surface area contributed by atoms with E-state index in [1.54, 1.807) is 0 Å². The van der Waals surface area contributed by atoms with Crippen LogP contribution in [0, 0.1) is 0 Å². The summed E-state index contributed by atoms with van der Waals surface area (Å²) in [5, 5.41) is 0. The number of nitrogens with one attached hydrogen (secondary N) is 1. The molecule has 0 amide bonds. The molecule has 0 aromatic carbocycles. The first-order valence-electron chi connectivity index (χ1n) is 4.35. The third-order valence-corrected chi connectivity index (χ3v) is 3.28. The molecule has 0 unspecified atom stereocenters. The van der Waals surface area contributed by atoms with Crippen LogP contribution in [0.4, 0.5) is 14.6 Å². The van der Waals surface area contributed by atoms with Gasteiger partial charge in [-0.3, -0.25) is 0 Å². The van der Waals surface area contributed by atoms with E-state index in [1.807, 2.05) is 4.72 Å². The fourth-order valence-electron chi connectivity index (χ4n) is 0.987. The van der Waals surface area contributed by atoms with Crippen molar-refractivity contribution in [1.29, 1.82) is 0 Å². The molecule has 0 fully saturated rings. The molecule has 1 heterocycles. The summed E-state index contributed by atoms with van der Waals surface area (Å²) in [5.41, 5.74) is 5.30. The van der Waals surface area contributed by atoms with Gasteiger partial charge in [-0.1, -0.05) is 0 Å². The molecule has 0 bridgehead atoms. The molecule has 8 heteroatoms. The average Bonchev–Trinajstić information content (AvgIpc) is 2.26. The van der Waals surface area contributed by atoms with Crippen molar-refractivity contribution in [1.82, 2.24) is 9.71 Å². The topological polar surface area (TPSA) is 85.1 Å². The predicted octanol–water partition coefficient (Wildman–Crippen LogP) is 0.250. The van der Waals surface area contributed by atoms with Gasteiger partial charge in [-0.15, -0.1) is 0 Å². The molecule has 0 saturated heterocycles. The van der Waals surface area contributed by atoms with Gasteiger partial charge in [0.05, 0.1) is 10.9 Å². The van der Waals surface area contributed by atoms with Gasteiger partial charge in [0, 0.05) is 12.3 Å². The Balaban J connectivity index is 2.94. The lowest BCUT2D eigenvalue weighted by atomic mass is 10.4. The number of rotatable bonds is 5. The van der Waals surface area contributed by atoms with Crippen LogP contribution in [0.25, 0.3) is 0 Å². The summed E-state index contributed by atoms with van der Waals surface area (Å²) in [6.45, 7) is -2.23. The summed E-state index contributed by atoms with van der Waals surface area (Å²) in [7, 11) is -3.96. The SMILES string of the molecule is Nc1cc(S(=O)(=O)NC(CF)CF)ccn1. The van der Waals surface area contributed by atoms with Gasteiger partial charge >= 0.3 is 0 Å². The largest absolute Gasteiger partial charge is 0.384 e.